The van der Waals surface area contributed by atoms with E-state index in [1.807, 2.05) is 0 Å². The van der Waals surface area contributed by atoms with E-state index in [0.29, 0.717) is 12.5 Å². The van der Waals surface area contributed by atoms with Crippen molar-refractivity contribution >= 4 is 5.91 Å². The zero-order valence-corrected chi connectivity index (χ0v) is 7.21. The third-order valence-electron chi connectivity index (χ3n) is 1.96. The van der Waals surface area contributed by atoms with Crippen LogP contribution in [-0.4, -0.2) is 31.7 Å². The lowest BCUT2D eigenvalue weighted by Crippen LogP contribution is -2.30. The van der Waals surface area contributed by atoms with E-state index in [1.165, 1.54) is 0 Å². The Morgan fingerprint density at radius 3 is 3.08 bits per heavy atom. The summed E-state index contributed by atoms with van der Waals surface area (Å²) in [5.74, 6) is -0.223. The molecule has 70 valence electrons. The predicted octanol–water partition coefficient (Wildman–Crippen LogP) is -0.370. The van der Waals surface area contributed by atoms with Crippen LogP contribution in [0.2, 0.25) is 0 Å². The summed E-state index contributed by atoms with van der Waals surface area (Å²) in [6.07, 6.45) is 2.38. The van der Waals surface area contributed by atoms with Crippen LogP contribution in [0.3, 0.4) is 0 Å². The van der Waals surface area contributed by atoms with Crippen LogP contribution in [0.25, 0.3) is 0 Å². The van der Waals surface area contributed by atoms with Crippen molar-refractivity contribution in [3.63, 3.8) is 0 Å². The molecule has 1 aliphatic rings. The summed E-state index contributed by atoms with van der Waals surface area (Å²) in [6.45, 7) is 2.51. The van der Waals surface area contributed by atoms with E-state index < -0.39 is 0 Å². The Bertz CT molecular complexity index is 144. The maximum absolute atomic E-state index is 10.4. The summed E-state index contributed by atoms with van der Waals surface area (Å²) < 4.78 is 5.18. The van der Waals surface area contributed by atoms with E-state index in [4.69, 9.17) is 10.5 Å². The first-order valence-corrected chi connectivity index (χ1v) is 4.38. The van der Waals surface area contributed by atoms with Gasteiger partial charge in [-0.15, -0.1) is 0 Å². The molecule has 0 aromatic rings. The Labute approximate surface area is 72.5 Å². The number of rotatable bonds is 5. The molecule has 1 rings (SSSR count). The van der Waals surface area contributed by atoms with Gasteiger partial charge in [0.15, 0.2) is 0 Å². The molecule has 4 nitrogen and oxygen atoms in total. The molecule has 0 saturated carbocycles. The standard InChI is InChI=1S/C8H16N2O2/c9-8(11)2-1-4-10-7-3-5-12-6-7/h7,10H,1-6H2,(H2,9,11). The maximum atomic E-state index is 10.4. The number of carbonyl (C=O) groups is 1. The average molecular weight is 172 g/mol. The maximum Gasteiger partial charge on any atom is 0.217 e. The van der Waals surface area contributed by atoms with E-state index in [0.717, 1.165) is 32.6 Å². The molecule has 0 bridgehead atoms. The van der Waals surface area contributed by atoms with Crippen LogP contribution in [0.1, 0.15) is 19.3 Å². The van der Waals surface area contributed by atoms with Crippen LogP contribution < -0.4 is 11.1 Å². The fraction of sp³-hybridized carbons (Fsp3) is 0.875. The normalized spacial score (nSPS) is 22.8. The van der Waals surface area contributed by atoms with Gasteiger partial charge in [0.05, 0.1) is 6.61 Å². The molecule has 3 N–H and O–H groups in total. The Morgan fingerprint density at radius 2 is 2.50 bits per heavy atom. The Kier molecular flexibility index (Phi) is 4.04. The van der Waals surface area contributed by atoms with Crippen LogP contribution >= 0.6 is 0 Å². The first-order valence-electron chi connectivity index (χ1n) is 4.38. The Hall–Kier alpha value is -0.610. The molecule has 0 aliphatic carbocycles. The second kappa shape index (κ2) is 5.11. The number of nitrogens with one attached hydrogen (secondary N) is 1. The highest BCUT2D eigenvalue weighted by molar-refractivity contribution is 5.73. The van der Waals surface area contributed by atoms with Crippen molar-refractivity contribution in [2.75, 3.05) is 19.8 Å². The quantitative estimate of drug-likeness (QED) is 0.556. The summed E-state index contributed by atoms with van der Waals surface area (Å²) >= 11 is 0. The van der Waals surface area contributed by atoms with Gasteiger partial charge in [-0.3, -0.25) is 4.79 Å². The molecule has 0 aromatic carbocycles. The third kappa shape index (κ3) is 3.69. The molecule has 0 aromatic heterocycles. The number of primary amides is 1. The highest BCUT2D eigenvalue weighted by Crippen LogP contribution is 2.02. The van der Waals surface area contributed by atoms with Gasteiger partial charge in [0.2, 0.25) is 5.91 Å². The van der Waals surface area contributed by atoms with Crippen molar-refractivity contribution in [1.29, 1.82) is 0 Å². The Morgan fingerprint density at radius 1 is 1.67 bits per heavy atom. The number of amides is 1. The second-order valence-electron chi connectivity index (χ2n) is 3.08. The molecule has 1 atom stereocenters. The van der Waals surface area contributed by atoms with Crippen LogP contribution in [0.4, 0.5) is 0 Å². The van der Waals surface area contributed by atoms with Gasteiger partial charge in [-0.05, 0) is 19.4 Å². The van der Waals surface area contributed by atoms with Gasteiger partial charge in [-0.25, -0.2) is 0 Å². The van der Waals surface area contributed by atoms with Gasteiger partial charge in [0.1, 0.15) is 0 Å². The Balaban J connectivity index is 1.91. The molecule has 1 heterocycles. The molecular formula is C8H16N2O2. The van der Waals surface area contributed by atoms with Crippen molar-refractivity contribution in [2.24, 2.45) is 5.73 Å². The topological polar surface area (TPSA) is 64.4 Å². The van der Waals surface area contributed by atoms with E-state index in [-0.39, 0.29) is 5.91 Å². The minimum Gasteiger partial charge on any atom is -0.380 e. The van der Waals surface area contributed by atoms with Gasteiger partial charge in [-0.1, -0.05) is 0 Å². The summed E-state index contributed by atoms with van der Waals surface area (Å²) in [5, 5.41) is 3.30. The van der Waals surface area contributed by atoms with E-state index in [1.54, 1.807) is 0 Å². The minimum atomic E-state index is -0.223. The lowest BCUT2D eigenvalue weighted by molar-refractivity contribution is -0.118. The SMILES string of the molecule is NC(=O)CCCNC1CCOC1. The van der Waals surface area contributed by atoms with E-state index >= 15 is 0 Å². The summed E-state index contributed by atoms with van der Waals surface area (Å²) in [4.78, 5) is 10.4. The largest absolute Gasteiger partial charge is 0.380 e. The fourth-order valence-electron chi connectivity index (χ4n) is 1.26. The highest BCUT2D eigenvalue weighted by atomic mass is 16.5. The molecule has 1 amide bonds. The van der Waals surface area contributed by atoms with Gasteiger partial charge in [0, 0.05) is 19.1 Å². The van der Waals surface area contributed by atoms with Gasteiger partial charge >= 0.3 is 0 Å². The molecule has 12 heavy (non-hydrogen) atoms. The molecule has 0 radical (unpaired) electrons. The van der Waals surface area contributed by atoms with E-state index in [9.17, 15) is 4.79 Å². The third-order valence-corrected chi connectivity index (χ3v) is 1.96. The van der Waals surface area contributed by atoms with E-state index in [2.05, 4.69) is 5.32 Å². The van der Waals surface area contributed by atoms with Gasteiger partial charge in [-0.2, -0.15) is 0 Å². The molecule has 0 spiro atoms. The highest BCUT2D eigenvalue weighted by Gasteiger charge is 2.13. The van der Waals surface area contributed by atoms with Crippen molar-refractivity contribution < 1.29 is 9.53 Å². The van der Waals surface area contributed by atoms with Crippen LogP contribution in [0.5, 0.6) is 0 Å². The second-order valence-corrected chi connectivity index (χ2v) is 3.08. The molecular weight excluding hydrogens is 156 g/mol. The van der Waals surface area contributed by atoms with Crippen molar-refractivity contribution in [3.8, 4) is 0 Å². The molecule has 1 unspecified atom stereocenters. The van der Waals surface area contributed by atoms with Crippen molar-refractivity contribution in [3.05, 3.63) is 0 Å². The molecule has 1 fully saturated rings. The van der Waals surface area contributed by atoms with Gasteiger partial charge in [0.25, 0.3) is 0 Å². The summed E-state index contributed by atoms with van der Waals surface area (Å²) in [5.41, 5.74) is 5.00. The van der Waals surface area contributed by atoms with Crippen LogP contribution in [-0.2, 0) is 9.53 Å². The monoisotopic (exact) mass is 172 g/mol. The smallest absolute Gasteiger partial charge is 0.217 e. The number of carbonyl (C=O) groups excluding carboxylic acids is 1. The predicted molar refractivity (Wildman–Crippen MR) is 45.7 cm³/mol. The summed E-state index contributed by atoms with van der Waals surface area (Å²) in [7, 11) is 0. The van der Waals surface area contributed by atoms with Crippen molar-refractivity contribution in [2.45, 2.75) is 25.3 Å². The summed E-state index contributed by atoms with van der Waals surface area (Å²) in [6, 6.07) is 0.484. The molecule has 1 saturated heterocycles. The van der Waals surface area contributed by atoms with Crippen molar-refractivity contribution in [1.82, 2.24) is 5.32 Å². The van der Waals surface area contributed by atoms with Crippen LogP contribution in [0.15, 0.2) is 0 Å². The lowest BCUT2D eigenvalue weighted by atomic mass is 10.2. The number of ether oxygens (including phenoxy) is 1. The van der Waals surface area contributed by atoms with Gasteiger partial charge < -0.3 is 15.8 Å². The number of nitrogens with two attached hydrogens (primary N) is 1. The zero-order chi connectivity index (χ0) is 8.81. The first kappa shape index (κ1) is 9.48. The minimum absolute atomic E-state index is 0.223. The number of hydrogen-bond acceptors (Lipinski definition) is 3. The average Bonchev–Trinajstić information content (AvgIpc) is 2.49. The lowest BCUT2D eigenvalue weighted by Gasteiger charge is -2.08. The molecule has 1 aliphatic heterocycles. The van der Waals surface area contributed by atoms with Crippen LogP contribution in [0, 0.1) is 0 Å². The molecule has 4 heteroatoms. The fourth-order valence-corrected chi connectivity index (χ4v) is 1.26. The number of hydrogen-bond donors (Lipinski definition) is 2. The first-order chi connectivity index (χ1) is 5.79. The zero-order valence-electron chi connectivity index (χ0n) is 7.21.